The first-order valence-corrected chi connectivity index (χ1v) is 7.47. The molecule has 1 atom stereocenters. The lowest BCUT2D eigenvalue weighted by atomic mass is 10.0. The number of amides is 3. The predicted molar refractivity (Wildman–Crippen MR) is 80.2 cm³/mol. The van der Waals surface area contributed by atoms with E-state index in [0.29, 0.717) is 22.3 Å². The molecule has 3 amide bonds. The molecule has 1 fully saturated rings. The van der Waals surface area contributed by atoms with Gasteiger partial charge in [0, 0.05) is 10.9 Å². The average molecular weight is 361 g/mol. The zero-order chi connectivity index (χ0) is 15.4. The fourth-order valence-corrected chi connectivity index (χ4v) is 3.36. The van der Waals surface area contributed by atoms with Crippen LogP contribution in [0.3, 0.4) is 0 Å². The van der Waals surface area contributed by atoms with E-state index in [9.17, 15) is 14.4 Å². The maximum Gasteiger partial charge on any atom is 0.261 e. The maximum atomic E-state index is 12.7. The van der Waals surface area contributed by atoms with Gasteiger partial charge in [0.15, 0.2) is 0 Å². The van der Waals surface area contributed by atoms with E-state index in [1.807, 2.05) is 0 Å². The van der Waals surface area contributed by atoms with Gasteiger partial charge in [-0.05, 0) is 34.5 Å². The van der Waals surface area contributed by atoms with Crippen molar-refractivity contribution in [1.29, 1.82) is 0 Å². The molecule has 1 unspecified atom stereocenters. The lowest BCUT2D eigenvalue weighted by Crippen LogP contribution is -2.53. The van der Waals surface area contributed by atoms with Gasteiger partial charge in [-0.25, -0.2) is 9.97 Å². The summed E-state index contributed by atoms with van der Waals surface area (Å²) in [6, 6.07) is 2.71. The van der Waals surface area contributed by atoms with E-state index in [0.717, 1.165) is 4.47 Å². The van der Waals surface area contributed by atoms with Crippen molar-refractivity contribution in [3.8, 4) is 0 Å². The Morgan fingerprint density at radius 3 is 2.82 bits per heavy atom. The number of anilines is 1. The van der Waals surface area contributed by atoms with Crippen LogP contribution in [0.2, 0.25) is 0 Å². The van der Waals surface area contributed by atoms with E-state index in [2.05, 4.69) is 31.2 Å². The second kappa shape index (κ2) is 4.57. The Labute approximate surface area is 132 Å². The Morgan fingerprint density at radius 1 is 1.23 bits per heavy atom. The summed E-state index contributed by atoms with van der Waals surface area (Å²) in [4.78, 5) is 45.8. The van der Waals surface area contributed by atoms with Crippen molar-refractivity contribution in [2.75, 3.05) is 4.90 Å². The van der Waals surface area contributed by atoms with E-state index < -0.39 is 11.9 Å². The van der Waals surface area contributed by atoms with Crippen molar-refractivity contribution >= 4 is 50.4 Å². The molecule has 22 heavy (non-hydrogen) atoms. The fourth-order valence-electron chi connectivity index (χ4n) is 2.93. The van der Waals surface area contributed by atoms with Crippen LogP contribution >= 0.6 is 15.9 Å². The largest absolute Gasteiger partial charge is 0.295 e. The third-order valence-electron chi connectivity index (χ3n) is 3.92. The molecular weight excluding hydrogens is 352 g/mol. The molecule has 8 heteroatoms. The summed E-state index contributed by atoms with van der Waals surface area (Å²) >= 11 is 3.40. The number of piperidine rings is 1. The van der Waals surface area contributed by atoms with Crippen LogP contribution in [0, 0.1) is 0 Å². The molecule has 4 rings (SSSR count). The normalized spacial score (nSPS) is 20.7. The van der Waals surface area contributed by atoms with Crippen LogP contribution in [0.1, 0.15) is 23.2 Å². The SMILES string of the molecule is O=C1CCC(N2C(=O)c3ccc(Br)c4ncnc2c34)C(=O)N1. The van der Waals surface area contributed by atoms with Crippen LogP contribution in [0.15, 0.2) is 22.9 Å². The molecule has 1 aromatic heterocycles. The van der Waals surface area contributed by atoms with Gasteiger partial charge >= 0.3 is 0 Å². The quantitative estimate of drug-likeness (QED) is 0.770. The van der Waals surface area contributed by atoms with Crippen LogP contribution in [0.5, 0.6) is 0 Å². The monoisotopic (exact) mass is 360 g/mol. The summed E-state index contributed by atoms with van der Waals surface area (Å²) in [7, 11) is 0. The highest BCUT2D eigenvalue weighted by Crippen LogP contribution is 2.39. The highest BCUT2D eigenvalue weighted by Gasteiger charge is 2.41. The van der Waals surface area contributed by atoms with Crippen molar-refractivity contribution in [2.24, 2.45) is 0 Å². The molecule has 2 aromatic rings. The van der Waals surface area contributed by atoms with Gasteiger partial charge in [-0.3, -0.25) is 24.6 Å². The molecular formula is C14H9BrN4O3. The van der Waals surface area contributed by atoms with Crippen molar-refractivity contribution in [1.82, 2.24) is 15.3 Å². The first-order valence-electron chi connectivity index (χ1n) is 6.68. The number of nitrogens with zero attached hydrogens (tertiary/aromatic N) is 3. The number of halogens is 1. The average Bonchev–Trinajstić information content (AvgIpc) is 2.77. The topological polar surface area (TPSA) is 92.3 Å². The van der Waals surface area contributed by atoms with Gasteiger partial charge < -0.3 is 0 Å². The van der Waals surface area contributed by atoms with Gasteiger partial charge in [0.25, 0.3) is 5.91 Å². The molecule has 1 saturated heterocycles. The zero-order valence-electron chi connectivity index (χ0n) is 11.2. The van der Waals surface area contributed by atoms with Gasteiger partial charge in [-0.15, -0.1) is 0 Å². The first kappa shape index (κ1) is 13.3. The third kappa shape index (κ3) is 1.70. The van der Waals surface area contributed by atoms with E-state index in [-0.39, 0.29) is 24.7 Å². The Bertz CT molecular complexity index is 867. The smallest absolute Gasteiger partial charge is 0.261 e. The number of rotatable bonds is 1. The minimum Gasteiger partial charge on any atom is -0.295 e. The van der Waals surface area contributed by atoms with Gasteiger partial charge in [-0.2, -0.15) is 0 Å². The second-order valence-corrected chi connectivity index (χ2v) is 6.01. The van der Waals surface area contributed by atoms with E-state index >= 15 is 0 Å². The summed E-state index contributed by atoms with van der Waals surface area (Å²) in [5, 5.41) is 2.90. The van der Waals surface area contributed by atoms with Crippen LogP contribution < -0.4 is 10.2 Å². The summed E-state index contributed by atoms with van der Waals surface area (Å²) < 4.78 is 0.757. The van der Waals surface area contributed by atoms with Crippen LogP contribution in [-0.2, 0) is 9.59 Å². The molecule has 0 aliphatic carbocycles. The molecule has 7 nitrogen and oxygen atoms in total. The Hall–Kier alpha value is -2.35. The van der Waals surface area contributed by atoms with Gasteiger partial charge in [0.05, 0.1) is 16.5 Å². The van der Waals surface area contributed by atoms with E-state index in [1.165, 1.54) is 11.2 Å². The third-order valence-corrected chi connectivity index (χ3v) is 4.56. The zero-order valence-corrected chi connectivity index (χ0v) is 12.8. The van der Waals surface area contributed by atoms with Gasteiger partial charge in [0.2, 0.25) is 11.8 Å². The molecule has 0 saturated carbocycles. The number of imide groups is 1. The second-order valence-electron chi connectivity index (χ2n) is 5.16. The lowest BCUT2D eigenvalue weighted by Gasteiger charge is -2.29. The number of hydrogen-bond donors (Lipinski definition) is 1. The highest BCUT2D eigenvalue weighted by molar-refractivity contribution is 9.10. The van der Waals surface area contributed by atoms with Crippen LogP contribution in [-0.4, -0.2) is 33.7 Å². The maximum absolute atomic E-state index is 12.7. The number of carbonyl (C=O) groups excluding carboxylic acids is 3. The number of hydrogen-bond acceptors (Lipinski definition) is 5. The van der Waals surface area contributed by atoms with E-state index in [1.54, 1.807) is 12.1 Å². The standard InChI is InChI=1S/C14H9BrN4O3/c15-7-2-1-6-10-11(7)16-5-17-12(10)19(14(6)22)8-3-4-9(20)18-13(8)21/h1-2,5,8H,3-4H2,(H,18,20,21). The minimum absolute atomic E-state index is 0.203. The molecule has 1 N–H and O–H groups in total. The molecule has 110 valence electrons. The molecule has 2 aliphatic heterocycles. The summed E-state index contributed by atoms with van der Waals surface area (Å²) in [6.07, 6.45) is 1.86. The molecule has 1 aromatic carbocycles. The Balaban J connectivity index is 1.89. The molecule has 3 heterocycles. The summed E-state index contributed by atoms with van der Waals surface area (Å²) in [5.41, 5.74) is 1.10. The van der Waals surface area contributed by atoms with E-state index in [4.69, 9.17) is 0 Å². The predicted octanol–water partition coefficient (Wildman–Crippen LogP) is 1.16. The molecule has 0 bridgehead atoms. The molecule has 0 radical (unpaired) electrons. The Kier molecular flexibility index (Phi) is 2.77. The van der Waals surface area contributed by atoms with Crippen molar-refractivity contribution < 1.29 is 14.4 Å². The van der Waals surface area contributed by atoms with Crippen molar-refractivity contribution in [3.05, 3.63) is 28.5 Å². The van der Waals surface area contributed by atoms with Gasteiger partial charge in [0.1, 0.15) is 18.2 Å². The first-order chi connectivity index (χ1) is 10.6. The van der Waals surface area contributed by atoms with Crippen LogP contribution in [0.4, 0.5) is 5.82 Å². The minimum atomic E-state index is -0.727. The summed E-state index contributed by atoms with van der Waals surface area (Å²) in [5.74, 6) is -0.660. The molecule has 0 spiro atoms. The molecule has 2 aliphatic rings. The highest BCUT2D eigenvalue weighted by atomic mass is 79.9. The van der Waals surface area contributed by atoms with Crippen LogP contribution in [0.25, 0.3) is 10.9 Å². The number of benzene rings is 1. The lowest BCUT2D eigenvalue weighted by molar-refractivity contribution is -0.134. The van der Waals surface area contributed by atoms with Gasteiger partial charge in [-0.1, -0.05) is 0 Å². The number of aromatic nitrogens is 2. The van der Waals surface area contributed by atoms with Crippen molar-refractivity contribution in [2.45, 2.75) is 18.9 Å². The fraction of sp³-hybridized carbons (Fsp3) is 0.214. The summed E-state index contributed by atoms with van der Waals surface area (Å²) in [6.45, 7) is 0. The number of nitrogens with one attached hydrogen (secondary N) is 1. The Morgan fingerprint density at radius 2 is 2.05 bits per heavy atom. The van der Waals surface area contributed by atoms with Crippen molar-refractivity contribution in [3.63, 3.8) is 0 Å². The number of carbonyl (C=O) groups is 3.